The Labute approximate surface area is 96.2 Å². The van der Waals surface area contributed by atoms with Crippen LogP contribution in [0.4, 0.5) is 5.69 Å². The number of nitrogens with zero attached hydrogens (tertiary/aromatic N) is 1. The normalized spacial score (nSPS) is 12.7. The standard InChI is InChI=1S/C12H19N3O/c1-3-11(12(14)16)15(2)8-9-6-4-5-7-10(9)13/h4-7,11H,3,8,13H2,1-2H3,(H2,14,16). The number of primary amides is 1. The van der Waals surface area contributed by atoms with Gasteiger partial charge in [0.2, 0.25) is 5.91 Å². The van der Waals surface area contributed by atoms with Gasteiger partial charge in [0.25, 0.3) is 0 Å². The smallest absolute Gasteiger partial charge is 0.234 e. The van der Waals surface area contributed by atoms with Crippen molar-refractivity contribution < 1.29 is 4.79 Å². The fourth-order valence-electron chi connectivity index (χ4n) is 1.79. The van der Waals surface area contributed by atoms with E-state index in [4.69, 9.17) is 11.5 Å². The number of hydrogen-bond acceptors (Lipinski definition) is 3. The molecule has 1 amide bonds. The van der Waals surface area contributed by atoms with Crippen molar-refractivity contribution in [3.8, 4) is 0 Å². The van der Waals surface area contributed by atoms with Crippen molar-refractivity contribution in [2.24, 2.45) is 5.73 Å². The third kappa shape index (κ3) is 2.97. The summed E-state index contributed by atoms with van der Waals surface area (Å²) in [5, 5.41) is 0. The van der Waals surface area contributed by atoms with Gasteiger partial charge in [-0.25, -0.2) is 0 Å². The Morgan fingerprint density at radius 3 is 2.56 bits per heavy atom. The van der Waals surface area contributed by atoms with Gasteiger partial charge in [-0.2, -0.15) is 0 Å². The minimum absolute atomic E-state index is 0.236. The topological polar surface area (TPSA) is 72.4 Å². The van der Waals surface area contributed by atoms with E-state index < -0.39 is 0 Å². The van der Waals surface area contributed by atoms with Gasteiger partial charge in [-0.15, -0.1) is 0 Å². The van der Waals surface area contributed by atoms with Gasteiger partial charge in [-0.05, 0) is 25.1 Å². The Balaban J connectivity index is 2.74. The first kappa shape index (κ1) is 12.5. The number of benzene rings is 1. The minimum Gasteiger partial charge on any atom is -0.398 e. The lowest BCUT2D eigenvalue weighted by Gasteiger charge is -2.24. The second-order valence-corrected chi connectivity index (χ2v) is 3.94. The van der Waals surface area contributed by atoms with Crippen LogP contribution in [0.15, 0.2) is 24.3 Å². The summed E-state index contributed by atoms with van der Waals surface area (Å²) < 4.78 is 0. The summed E-state index contributed by atoms with van der Waals surface area (Å²) >= 11 is 0. The molecule has 4 heteroatoms. The first-order chi connectivity index (χ1) is 7.56. The van der Waals surface area contributed by atoms with Gasteiger partial charge in [0, 0.05) is 12.2 Å². The number of nitrogen functional groups attached to an aromatic ring is 1. The van der Waals surface area contributed by atoms with Crippen molar-refractivity contribution in [3.63, 3.8) is 0 Å². The van der Waals surface area contributed by atoms with E-state index in [2.05, 4.69) is 0 Å². The van der Waals surface area contributed by atoms with Gasteiger partial charge in [-0.3, -0.25) is 9.69 Å². The van der Waals surface area contributed by atoms with E-state index in [-0.39, 0.29) is 11.9 Å². The summed E-state index contributed by atoms with van der Waals surface area (Å²) in [5.41, 5.74) is 12.9. The molecule has 0 heterocycles. The molecule has 0 spiro atoms. The van der Waals surface area contributed by atoms with Crippen LogP contribution in [-0.4, -0.2) is 23.9 Å². The van der Waals surface area contributed by atoms with Crippen LogP contribution < -0.4 is 11.5 Å². The number of anilines is 1. The van der Waals surface area contributed by atoms with Crippen molar-refractivity contribution in [3.05, 3.63) is 29.8 Å². The van der Waals surface area contributed by atoms with Crippen molar-refractivity contribution in [1.29, 1.82) is 0 Å². The van der Waals surface area contributed by atoms with Crippen molar-refractivity contribution >= 4 is 11.6 Å². The Kier molecular flexibility index (Phi) is 4.31. The van der Waals surface area contributed by atoms with E-state index in [1.807, 2.05) is 43.1 Å². The van der Waals surface area contributed by atoms with Gasteiger partial charge in [0.05, 0.1) is 6.04 Å². The number of rotatable bonds is 5. The lowest BCUT2D eigenvalue weighted by atomic mass is 10.1. The van der Waals surface area contributed by atoms with E-state index >= 15 is 0 Å². The third-order valence-electron chi connectivity index (χ3n) is 2.72. The molecule has 0 saturated heterocycles. The summed E-state index contributed by atoms with van der Waals surface area (Å²) in [4.78, 5) is 13.1. The fourth-order valence-corrected chi connectivity index (χ4v) is 1.79. The highest BCUT2D eigenvalue weighted by molar-refractivity contribution is 5.79. The average molecular weight is 221 g/mol. The maximum Gasteiger partial charge on any atom is 0.234 e. The predicted octanol–water partition coefficient (Wildman–Crippen LogP) is 0.964. The van der Waals surface area contributed by atoms with Gasteiger partial charge in [0.15, 0.2) is 0 Å². The van der Waals surface area contributed by atoms with Crippen LogP contribution in [-0.2, 0) is 11.3 Å². The molecule has 88 valence electrons. The number of likely N-dealkylation sites (N-methyl/N-ethyl adjacent to an activating group) is 1. The van der Waals surface area contributed by atoms with Crippen molar-refractivity contribution in [1.82, 2.24) is 4.90 Å². The molecule has 0 saturated carbocycles. The van der Waals surface area contributed by atoms with Crippen LogP contribution in [0.5, 0.6) is 0 Å². The summed E-state index contributed by atoms with van der Waals surface area (Å²) in [6, 6.07) is 7.41. The Morgan fingerprint density at radius 2 is 2.06 bits per heavy atom. The van der Waals surface area contributed by atoms with Crippen molar-refractivity contribution in [2.75, 3.05) is 12.8 Å². The molecule has 1 aromatic rings. The number of hydrogen-bond donors (Lipinski definition) is 2. The third-order valence-corrected chi connectivity index (χ3v) is 2.72. The zero-order valence-corrected chi connectivity index (χ0v) is 9.81. The summed E-state index contributed by atoms with van der Waals surface area (Å²) in [6.45, 7) is 2.58. The maximum atomic E-state index is 11.2. The summed E-state index contributed by atoms with van der Waals surface area (Å²) in [7, 11) is 1.88. The highest BCUT2D eigenvalue weighted by Gasteiger charge is 2.18. The highest BCUT2D eigenvalue weighted by Crippen LogP contribution is 2.14. The van der Waals surface area contributed by atoms with Gasteiger partial charge in [0.1, 0.15) is 0 Å². The molecule has 1 aromatic carbocycles. The van der Waals surface area contributed by atoms with Gasteiger partial charge < -0.3 is 11.5 Å². The zero-order chi connectivity index (χ0) is 12.1. The molecule has 0 fully saturated rings. The van der Waals surface area contributed by atoms with E-state index in [0.29, 0.717) is 13.0 Å². The Bertz CT molecular complexity index is 365. The van der Waals surface area contributed by atoms with Crippen LogP contribution in [0.25, 0.3) is 0 Å². The number of nitrogens with two attached hydrogens (primary N) is 2. The van der Waals surface area contributed by atoms with Crippen LogP contribution >= 0.6 is 0 Å². The first-order valence-corrected chi connectivity index (χ1v) is 5.39. The summed E-state index contributed by atoms with van der Waals surface area (Å²) in [5.74, 6) is -0.292. The molecule has 16 heavy (non-hydrogen) atoms. The second-order valence-electron chi connectivity index (χ2n) is 3.94. The Hall–Kier alpha value is -1.55. The molecule has 0 aliphatic rings. The predicted molar refractivity (Wildman–Crippen MR) is 65.6 cm³/mol. The van der Waals surface area contributed by atoms with Crippen LogP contribution in [0, 0.1) is 0 Å². The molecule has 0 radical (unpaired) electrons. The monoisotopic (exact) mass is 221 g/mol. The average Bonchev–Trinajstić information content (AvgIpc) is 2.22. The van der Waals surface area contributed by atoms with Crippen molar-refractivity contribution in [2.45, 2.75) is 25.9 Å². The van der Waals surface area contributed by atoms with Crippen LogP contribution in [0.2, 0.25) is 0 Å². The molecule has 1 unspecified atom stereocenters. The first-order valence-electron chi connectivity index (χ1n) is 5.39. The quantitative estimate of drug-likeness (QED) is 0.727. The molecular formula is C12H19N3O. The van der Waals surface area contributed by atoms with Crippen LogP contribution in [0.3, 0.4) is 0 Å². The van der Waals surface area contributed by atoms with Crippen LogP contribution in [0.1, 0.15) is 18.9 Å². The molecule has 1 atom stereocenters. The number of amides is 1. The SMILES string of the molecule is CCC(C(N)=O)N(C)Cc1ccccc1N. The molecule has 0 bridgehead atoms. The molecule has 0 aliphatic heterocycles. The van der Waals surface area contributed by atoms with E-state index in [9.17, 15) is 4.79 Å². The number of para-hydroxylation sites is 1. The minimum atomic E-state index is -0.292. The molecular weight excluding hydrogens is 202 g/mol. The molecule has 0 aliphatic carbocycles. The second kappa shape index (κ2) is 5.51. The lowest BCUT2D eigenvalue weighted by Crippen LogP contribution is -2.41. The van der Waals surface area contributed by atoms with Gasteiger partial charge >= 0.3 is 0 Å². The lowest BCUT2D eigenvalue weighted by molar-refractivity contribution is -0.123. The zero-order valence-electron chi connectivity index (χ0n) is 9.81. The molecule has 0 aromatic heterocycles. The number of carbonyl (C=O) groups excluding carboxylic acids is 1. The molecule has 4 nitrogen and oxygen atoms in total. The maximum absolute atomic E-state index is 11.2. The highest BCUT2D eigenvalue weighted by atomic mass is 16.1. The fraction of sp³-hybridized carbons (Fsp3) is 0.417. The summed E-state index contributed by atoms with van der Waals surface area (Å²) in [6.07, 6.45) is 0.707. The van der Waals surface area contributed by atoms with E-state index in [0.717, 1.165) is 11.3 Å². The van der Waals surface area contributed by atoms with E-state index in [1.165, 1.54) is 0 Å². The molecule has 4 N–H and O–H groups in total. The Morgan fingerprint density at radius 1 is 1.44 bits per heavy atom. The molecule has 1 rings (SSSR count). The van der Waals surface area contributed by atoms with E-state index in [1.54, 1.807) is 0 Å². The number of carbonyl (C=O) groups is 1. The largest absolute Gasteiger partial charge is 0.398 e. The van der Waals surface area contributed by atoms with Gasteiger partial charge in [-0.1, -0.05) is 25.1 Å².